The maximum atomic E-state index is 11.9. The van der Waals surface area contributed by atoms with Crippen LogP contribution in [0.1, 0.15) is 27.7 Å². The summed E-state index contributed by atoms with van der Waals surface area (Å²) in [5, 5.41) is 4.80. The number of aromatic nitrogens is 1. The molecule has 0 aliphatic carbocycles. The Kier molecular flexibility index (Phi) is 5.05. The Morgan fingerprint density at radius 1 is 1.43 bits per heavy atom. The lowest BCUT2D eigenvalue weighted by molar-refractivity contribution is 0.0894. The van der Waals surface area contributed by atoms with Crippen LogP contribution in [-0.2, 0) is 6.54 Å². The number of carbonyl (C=O) groups excluding carboxylic acids is 1. The molecule has 1 unspecified atom stereocenters. The fourth-order valence-corrected chi connectivity index (χ4v) is 3.56. The molecule has 122 valence electrons. The molecule has 1 aromatic heterocycles. The highest BCUT2D eigenvalue weighted by molar-refractivity contribution is 7.07. The molecule has 1 aliphatic heterocycles. The quantitative estimate of drug-likeness (QED) is 0.931. The Morgan fingerprint density at radius 2 is 2.30 bits per heavy atom. The summed E-state index contributed by atoms with van der Waals surface area (Å²) >= 11 is 1.64. The Morgan fingerprint density at radius 3 is 3.04 bits per heavy atom. The van der Waals surface area contributed by atoms with Gasteiger partial charge in [0.05, 0.1) is 11.2 Å². The SMILES string of the molecule is CNC(=O)c1cccc(C2CN(Cc3cscn3)CCN2C)c1. The molecule has 1 saturated heterocycles. The molecule has 0 spiro atoms. The van der Waals surface area contributed by atoms with Crippen molar-refractivity contribution in [2.24, 2.45) is 0 Å². The van der Waals surface area contributed by atoms with Gasteiger partial charge in [0, 0.05) is 50.2 Å². The second-order valence-electron chi connectivity index (χ2n) is 5.92. The second-order valence-corrected chi connectivity index (χ2v) is 6.63. The van der Waals surface area contributed by atoms with E-state index >= 15 is 0 Å². The molecule has 2 aromatic rings. The van der Waals surface area contributed by atoms with E-state index in [1.54, 1.807) is 18.4 Å². The minimum Gasteiger partial charge on any atom is -0.355 e. The van der Waals surface area contributed by atoms with E-state index in [2.05, 4.69) is 38.6 Å². The largest absolute Gasteiger partial charge is 0.355 e. The van der Waals surface area contributed by atoms with Crippen molar-refractivity contribution in [3.63, 3.8) is 0 Å². The number of hydrogen-bond donors (Lipinski definition) is 1. The van der Waals surface area contributed by atoms with Gasteiger partial charge in [0.25, 0.3) is 5.91 Å². The molecule has 0 radical (unpaired) electrons. The number of rotatable bonds is 4. The first-order valence-electron chi connectivity index (χ1n) is 7.79. The number of benzene rings is 1. The monoisotopic (exact) mass is 330 g/mol. The van der Waals surface area contributed by atoms with Crippen LogP contribution in [0.4, 0.5) is 0 Å². The van der Waals surface area contributed by atoms with Crippen LogP contribution in [0.2, 0.25) is 0 Å². The van der Waals surface area contributed by atoms with E-state index in [0.717, 1.165) is 37.4 Å². The molecule has 0 bridgehead atoms. The van der Waals surface area contributed by atoms with Gasteiger partial charge < -0.3 is 5.32 Å². The van der Waals surface area contributed by atoms with Gasteiger partial charge in [0.15, 0.2) is 0 Å². The van der Waals surface area contributed by atoms with Crippen molar-refractivity contribution >= 4 is 17.2 Å². The molecule has 1 fully saturated rings. The Hall–Kier alpha value is -1.76. The highest BCUT2D eigenvalue weighted by atomic mass is 32.1. The van der Waals surface area contributed by atoms with Crippen LogP contribution in [0.5, 0.6) is 0 Å². The molecular formula is C17H22N4OS. The zero-order valence-corrected chi connectivity index (χ0v) is 14.3. The van der Waals surface area contributed by atoms with Crippen LogP contribution in [0.3, 0.4) is 0 Å². The van der Waals surface area contributed by atoms with Crippen molar-refractivity contribution in [2.75, 3.05) is 33.7 Å². The van der Waals surface area contributed by atoms with Gasteiger partial charge in [-0.15, -0.1) is 11.3 Å². The van der Waals surface area contributed by atoms with E-state index in [1.165, 1.54) is 5.56 Å². The molecule has 1 aliphatic rings. The predicted octanol–water partition coefficient (Wildman–Crippen LogP) is 1.99. The molecule has 1 amide bonds. The van der Waals surface area contributed by atoms with E-state index in [1.807, 2.05) is 23.7 Å². The van der Waals surface area contributed by atoms with Gasteiger partial charge in [-0.25, -0.2) is 4.98 Å². The molecule has 1 aromatic carbocycles. The predicted molar refractivity (Wildman–Crippen MR) is 92.6 cm³/mol. The van der Waals surface area contributed by atoms with Crippen molar-refractivity contribution < 1.29 is 4.79 Å². The van der Waals surface area contributed by atoms with Crippen molar-refractivity contribution in [2.45, 2.75) is 12.6 Å². The highest BCUT2D eigenvalue weighted by Gasteiger charge is 2.26. The Bertz CT molecular complexity index is 658. The summed E-state index contributed by atoms with van der Waals surface area (Å²) in [5.41, 5.74) is 4.93. The van der Waals surface area contributed by atoms with Gasteiger partial charge in [-0.1, -0.05) is 12.1 Å². The van der Waals surface area contributed by atoms with E-state index < -0.39 is 0 Å². The van der Waals surface area contributed by atoms with Crippen molar-refractivity contribution in [1.82, 2.24) is 20.1 Å². The summed E-state index contributed by atoms with van der Waals surface area (Å²) in [5.74, 6) is -0.0374. The molecule has 6 heteroatoms. The van der Waals surface area contributed by atoms with Crippen LogP contribution in [0.25, 0.3) is 0 Å². The van der Waals surface area contributed by atoms with Crippen molar-refractivity contribution in [3.05, 3.63) is 52.0 Å². The summed E-state index contributed by atoms with van der Waals surface area (Å²) < 4.78 is 0. The maximum Gasteiger partial charge on any atom is 0.251 e. The van der Waals surface area contributed by atoms with Crippen molar-refractivity contribution in [1.29, 1.82) is 0 Å². The van der Waals surface area contributed by atoms with Crippen LogP contribution in [-0.4, -0.2) is 54.4 Å². The van der Waals surface area contributed by atoms with Gasteiger partial charge >= 0.3 is 0 Å². The number of thiazole rings is 1. The molecule has 23 heavy (non-hydrogen) atoms. The zero-order valence-electron chi connectivity index (χ0n) is 13.5. The molecule has 2 heterocycles. The third kappa shape index (κ3) is 3.77. The van der Waals surface area contributed by atoms with E-state index in [4.69, 9.17) is 0 Å². The normalized spacial score (nSPS) is 19.7. The third-order valence-corrected chi connectivity index (χ3v) is 5.00. The molecule has 5 nitrogen and oxygen atoms in total. The first-order valence-corrected chi connectivity index (χ1v) is 8.73. The van der Waals surface area contributed by atoms with Crippen molar-refractivity contribution in [3.8, 4) is 0 Å². The summed E-state index contributed by atoms with van der Waals surface area (Å²) in [7, 11) is 3.81. The van der Waals surface area contributed by atoms with E-state index in [9.17, 15) is 4.79 Å². The number of carbonyl (C=O) groups is 1. The molecular weight excluding hydrogens is 308 g/mol. The van der Waals surface area contributed by atoms with Crippen LogP contribution in [0.15, 0.2) is 35.2 Å². The average molecular weight is 330 g/mol. The standard InChI is InChI=1S/C17H22N4OS/c1-18-17(22)14-5-3-4-13(8-14)16-10-21(7-6-20(16)2)9-15-11-23-12-19-15/h3-5,8,11-12,16H,6-7,9-10H2,1-2H3,(H,18,22). The number of likely N-dealkylation sites (N-methyl/N-ethyl adjacent to an activating group) is 1. The number of nitrogens with one attached hydrogen (secondary N) is 1. The topological polar surface area (TPSA) is 48.5 Å². The first kappa shape index (κ1) is 16.1. The van der Waals surface area contributed by atoms with Crippen LogP contribution >= 0.6 is 11.3 Å². The first-order chi connectivity index (χ1) is 11.2. The van der Waals surface area contributed by atoms with Crippen LogP contribution < -0.4 is 5.32 Å². The second kappa shape index (κ2) is 7.21. The van der Waals surface area contributed by atoms with Gasteiger partial charge in [-0.3, -0.25) is 14.6 Å². The number of hydrogen-bond acceptors (Lipinski definition) is 5. The minimum atomic E-state index is -0.0374. The summed E-state index contributed by atoms with van der Waals surface area (Å²) in [6.45, 7) is 3.90. The van der Waals surface area contributed by atoms with E-state index in [-0.39, 0.29) is 5.91 Å². The lowest BCUT2D eigenvalue weighted by Gasteiger charge is -2.39. The number of piperazine rings is 1. The number of amides is 1. The summed E-state index contributed by atoms with van der Waals surface area (Å²) in [4.78, 5) is 21.0. The smallest absolute Gasteiger partial charge is 0.251 e. The third-order valence-electron chi connectivity index (χ3n) is 4.36. The molecule has 0 saturated carbocycles. The zero-order chi connectivity index (χ0) is 16.2. The lowest BCUT2D eigenvalue weighted by Crippen LogP contribution is -2.46. The number of nitrogens with zero attached hydrogens (tertiary/aromatic N) is 3. The van der Waals surface area contributed by atoms with Gasteiger partial charge in [-0.05, 0) is 24.7 Å². The Labute approximate surface area is 140 Å². The highest BCUT2D eigenvalue weighted by Crippen LogP contribution is 2.25. The Balaban J connectivity index is 1.76. The van der Waals surface area contributed by atoms with Gasteiger partial charge in [0.2, 0.25) is 0 Å². The fourth-order valence-electron chi connectivity index (χ4n) is 3.01. The average Bonchev–Trinajstić information content (AvgIpc) is 3.09. The van der Waals surface area contributed by atoms with Crippen LogP contribution in [0, 0.1) is 0 Å². The summed E-state index contributed by atoms with van der Waals surface area (Å²) in [6.07, 6.45) is 0. The minimum absolute atomic E-state index is 0.0374. The molecule has 3 rings (SSSR count). The summed E-state index contributed by atoms with van der Waals surface area (Å²) in [6, 6.07) is 8.24. The van der Waals surface area contributed by atoms with Gasteiger partial charge in [0.1, 0.15) is 0 Å². The van der Waals surface area contributed by atoms with E-state index in [0.29, 0.717) is 6.04 Å². The fraction of sp³-hybridized carbons (Fsp3) is 0.412. The maximum absolute atomic E-state index is 11.9. The molecule has 1 atom stereocenters. The molecule has 1 N–H and O–H groups in total. The lowest BCUT2D eigenvalue weighted by atomic mass is 10.00. The van der Waals surface area contributed by atoms with Gasteiger partial charge in [-0.2, -0.15) is 0 Å².